The maximum atomic E-state index is 12.1. The van der Waals surface area contributed by atoms with Gasteiger partial charge in [0.1, 0.15) is 5.75 Å². The van der Waals surface area contributed by atoms with Crippen LogP contribution in [0.25, 0.3) is 0 Å². The van der Waals surface area contributed by atoms with Crippen molar-refractivity contribution in [1.29, 1.82) is 0 Å². The van der Waals surface area contributed by atoms with Gasteiger partial charge in [0, 0.05) is 16.8 Å². The molecule has 6 nitrogen and oxygen atoms in total. The van der Waals surface area contributed by atoms with Crippen molar-refractivity contribution < 1.29 is 9.53 Å². The third kappa shape index (κ3) is 2.52. The molecule has 0 radical (unpaired) electrons. The summed E-state index contributed by atoms with van der Waals surface area (Å²) in [6.07, 6.45) is 0. The van der Waals surface area contributed by atoms with E-state index in [0.29, 0.717) is 22.8 Å². The zero-order chi connectivity index (χ0) is 14.0. The van der Waals surface area contributed by atoms with Crippen LogP contribution in [0.15, 0.2) is 18.2 Å². The number of nitrogens with two attached hydrogens (primary N) is 1. The number of nitrogen functional groups attached to an aromatic ring is 1. The molecule has 100 valence electrons. The monoisotopic (exact) mass is 260 g/mol. The first-order valence-electron chi connectivity index (χ1n) is 5.79. The molecule has 4 N–H and O–H groups in total. The van der Waals surface area contributed by atoms with Crippen LogP contribution in [0.1, 0.15) is 21.6 Å². The van der Waals surface area contributed by atoms with Crippen molar-refractivity contribution in [3.8, 4) is 5.75 Å². The fourth-order valence-corrected chi connectivity index (χ4v) is 1.66. The maximum absolute atomic E-state index is 12.1. The van der Waals surface area contributed by atoms with Gasteiger partial charge >= 0.3 is 0 Å². The van der Waals surface area contributed by atoms with Gasteiger partial charge in [0.05, 0.1) is 12.8 Å². The van der Waals surface area contributed by atoms with Gasteiger partial charge in [-0.3, -0.25) is 9.89 Å². The van der Waals surface area contributed by atoms with Crippen LogP contribution in [-0.4, -0.2) is 23.2 Å². The Bertz CT molecular complexity index is 619. The number of rotatable bonds is 3. The maximum Gasteiger partial charge on any atom is 0.256 e. The third-order valence-electron chi connectivity index (χ3n) is 2.98. The zero-order valence-electron chi connectivity index (χ0n) is 11.1. The minimum atomic E-state index is -0.260. The van der Waals surface area contributed by atoms with Crippen LogP contribution < -0.4 is 15.8 Å². The Morgan fingerprint density at radius 1 is 1.42 bits per heavy atom. The first-order valence-corrected chi connectivity index (χ1v) is 5.79. The van der Waals surface area contributed by atoms with E-state index < -0.39 is 0 Å². The zero-order valence-corrected chi connectivity index (χ0v) is 11.1. The van der Waals surface area contributed by atoms with E-state index in [9.17, 15) is 4.79 Å². The summed E-state index contributed by atoms with van der Waals surface area (Å²) in [5.74, 6) is 0.809. The van der Waals surface area contributed by atoms with Crippen LogP contribution in [0.5, 0.6) is 5.75 Å². The molecule has 1 aromatic heterocycles. The second-order valence-electron chi connectivity index (χ2n) is 4.23. The Labute approximate surface area is 111 Å². The lowest BCUT2D eigenvalue weighted by atomic mass is 10.1. The van der Waals surface area contributed by atoms with Crippen molar-refractivity contribution in [2.45, 2.75) is 13.8 Å². The normalized spacial score (nSPS) is 10.3. The average Bonchev–Trinajstić information content (AvgIpc) is 2.70. The van der Waals surface area contributed by atoms with E-state index in [4.69, 9.17) is 10.5 Å². The van der Waals surface area contributed by atoms with Crippen LogP contribution in [0.3, 0.4) is 0 Å². The molecular weight excluding hydrogens is 244 g/mol. The molecule has 0 bridgehead atoms. The Hall–Kier alpha value is -2.50. The summed E-state index contributed by atoms with van der Waals surface area (Å²) in [6, 6.07) is 4.88. The molecule has 0 saturated carbocycles. The highest BCUT2D eigenvalue weighted by atomic mass is 16.5. The highest BCUT2D eigenvalue weighted by Gasteiger charge is 2.12. The van der Waals surface area contributed by atoms with Crippen molar-refractivity contribution >= 4 is 17.4 Å². The number of aromatic amines is 1. The summed E-state index contributed by atoms with van der Waals surface area (Å²) in [5.41, 5.74) is 8.48. The number of nitrogens with one attached hydrogen (secondary N) is 2. The van der Waals surface area contributed by atoms with Gasteiger partial charge in [-0.15, -0.1) is 0 Å². The minimum absolute atomic E-state index is 0.260. The molecule has 19 heavy (non-hydrogen) atoms. The van der Waals surface area contributed by atoms with E-state index in [-0.39, 0.29) is 5.91 Å². The number of carbonyl (C=O) groups excluding carboxylic acids is 1. The van der Waals surface area contributed by atoms with Crippen molar-refractivity contribution in [3.63, 3.8) is 0 Å². The second-order valence-corrected chi connectivity index (χ2v) is 4.23. The van der Waals surface area contributed by atoms with Gasteiger partial charge in [0.15, 0.2) is 5.82 Å². The number of hydrogen-bond donors (Lipinski definition) is 3. The van der Waals surface area contributed by atoms with Gasteiger partial charge < -0.3 is 15.8 Å². The molecule has 0 aliphatic carbocycles. The third-order valence-corrected chi connectivity index (χ3v) is 2.98. The van der Waals surface area contributed by atoms with Gasteiger partial charge in [-0.05, 0) is 32.0 Å². The van der Waals surface area contributed by atoms with E-state index in [0.717, 1.165) is 11.3 Å². The molecule has 0 spiro atoms. The number of carbonyl (C=O) groups is 1. The molecule has 0 aliphatic heterocycles. The minimum Gasteiger partial charge on any atom is -0.495 e. The Morgan fingerprint density at radius 2 is 2.16 bits per heavy atom. The predicted octanol–water partition coefficient (Wildman–Crippen LogP) is 1.87. The van der Waals surface area contributed by atoms with E-state index in [1.54, 1.807) is 18.2 Å². The number of benzene rings is 1. The standard InChI is InChI=1S/C13H16N4O2/c1-7-8(2)16-17-12(7)15-13(18)9-4-5-11(19-3)10(14)6-9/h4-6H,14H2,1-3H3,(H2,15,16,17,18). The summed E-state index contributed by atoms with van der Waals surface area (Å²) in [5, 5.41) is 9.57. The number of ether oxygens (including phenoxy) is 1. The summed E-state index contributed by atoms with van der Waals surface area (Å²) in [7, 11) is 1.53. The number of hydrogen-bond acceptors (Lipinski definition) is 4. The molecule has 0 atom stereocenters. The number of aryl methyl sites for hydroxylation is 1. The first kappa shape index (κ1) is 12.9. The molecule has 2 aromatic rings. The molecule has 0 unspecified atom stereocenters. The molecule has 0 fully saturated rings. The summed E-state index contributed by atoms with van der Waals surface area (Å²) in [4.78, 5) is 12.1. The van der Waals surface area contributed by atoms with Crippen LogP contribution in [0, 0.1) is 13.8 Å². The van der Waals surface area contributed by atoms with Gasteiger partial charge in [-0.2, -0.15) is 5.10 Å². The number of aromatic nitrogens is 2. The largest absolute Gasteiger partial charge is 0.495 e. The molecule has 2 rings (SSSR count). The van der Waals surface area contributed by atoms with Crippen molar-refractivity contribution in [3.05, 3.63) is 35.0 Å². The fraction of sp³-hybridized carbons (Fsp3) is 0.231. The fourth-order valence-electron chi connectivity index (χ4n) is 1.66. The van der Waals surface area contributed by atoms with Crippen LogP contribution in [0.2, 0.25) is 0 Å². The Morgan fingerprint density at radius 3 is 2.68 bits per heavy atom. The number of H-pyrrole nitrogens is 1. The smallest absolute Gasteiger partial charge is 0.256 e. The summed E-state index contributed by atoms with van der Waals surface area (Å²) < 4.78 is 5.05. The number of amides is 1. The molecule has 1 amide bonds. The highest BCUT2D eigenvalue weighted by molar-refractivity contribution is 6.04. The van der Waals surface area contributed by atoms with E-state index in [1.165, 1.54) is 7.11 Å². The van der Waals surface area contributed by atoms with Gasteiger partial charge in [-0.25, -0.2) is 0 Å². The van der Waals surface area contributed by atoms with Gasteiger partial charge in [0.2, 0.25) is 0 Å². The summed E-state index contributed by atoms with van der Waals surface area (Å²) in [6.45, 7) is 3.78. The lowest BCUT2D eigenvalue weighted by Gasteiger charge is -2.07. The topological polar surface area (TPSA) is 93.0 Å². The lowest BCUT2D eigenvalue weighted by molar-refractivity contribution is 0.102. The summed E-state index contributed by atoms with van der Waals surface area (Å²) >= 11 is 0. The Kier molecular flexibility index (Phi) is 3.41. The van der Waals surface area contributed by atoms with E-state index >= 15 is 0 Å². The second kappa shape index (κ2) is 5.01. The molecule has 1 heterocycles. The van der Waals surface area contributed by atoms with Crippen LogP contribution >= 0.6 is 0 Å². The molecule has 0 saturated heterocycles. The number of nitrogens with zero attached hydrogens (tertiary/aromatic N) is 1. The SMILES string of the molecule is COc1ccc(C(=O)Nc2n[nH]c(C)c2C)cc1N. The lowest BCUT2D eigenvalue weighted by Crippen LogP contribution is -2.13. The average molecular weight is 260 g/mol. The van der Waals surface area contributed by atoms with Crippen LogP contribution in [0.4, 0.5) is 11.5 Å². The van der Waals surface area contributed by atoms with Crippen molar-refractivity contribution in [1.82, 2.24) is 10.2 Å². The van der Waals surface area contributed by atoms with Gasteiger partial charge in [0.25, 0.3) is 5.91 Å². The van der Waals surface area contributed by atoms with Crippen molar-refractivity contribution in [2.24, 2.45) is 0 Å². The Balaban J connectivity index is 2.21. The molecule has 0 aliphatic rings. The molecule has 6 heteroatoms. The number of anilines is 2. The predicted molar refractivity (Wildman–Crippen MR) is 73.4 cm³/mol. The van der Waals surface area contributed by atoms with Gasteiger partial charge in [-0.1, -0.05) is 0 Å². The van der Waals surface area contributed by atoms with Crippen LogP contribution in [-0.2, 0) is 0 Å². The first-order chi connectivity index (χ1) is 9.02. The molecule has 1 aromatic carbocycles. The number of methoxy groups -OCH3 is 1. The van der Waals surface area contributed by atoms with Crippen molar-refractivity contribution in [2.75, 3.05) is 18.2 Å². The van der Waals surface area contributed by atoms with E-state index in [2.05, 4.69) is 15.5 Å². The quantitative estimate of drug-likeness (QED) is 0.734. The highest BCUT2D eigenvalue weighted by Crippen LogP contribution is 2.22. The van der Waals surface area contributed by atoms with E-state index in [1.807, 2.05) is 13.8 Å². The molecular formula is C13H16N4O2.